The number of fused-ring (bicyclic) bond motifs is 1. The topological polar surface area (TPSA) is 73.6 Å². The zero-order valence-electron chi connectivity index (χ0n) is 16.4. The van der Waals surface area contributed by atoms with Crippen LogP contribution in [0.3, 0.4) is 0 Å². The van der Waals surface area contributed by atoms with Crippen molar-refractivity contribution in [1.82, 2.24) is 4.90 Å². The Balaban J connectivity index is 0.000000640. The van der Waals surface area contributed by atoms with Gasteiger partial charge in [-0.1, -0.05) is 18.2 Å². The average Bonchev–Trinajstić information content (AvgIpc) is 3.00. The van der Waals surface area contributed by atoms with E-state index in [2.05, 4.69) is 11.0 Å². The smallest absolute Gasteiger partial charge is 0.300 e. The fourth-order valence-corrected chi connectivity index (χ4v) is 3.41. The second kappa shape index (κ2) is 9.45. The molecule has 0 bridgehead atoms. The van der Waals surface area contributed by atoms with Crippen LogP contribution < -0.4 is 0 Å². The Morgan fingerprint density at radius 2 is 1.93 bits per heavy atom. The molecule has 2 aromatic rings. The summed E-state index contributed by atoms with van der Waals surface area (Å²) in [5, 5.41) is 16.5. The molecule has 0 saturated heterocycles. The SMILES string of the molecule is CC(=O)O.CN(C)CCCC1(c2ccc(F)cc2)OCc2cc(C#N)ccc21. The summed E-state index contributed by atoms with van der Waals surface area (Å²) in [6, 6.07) is 14.5. The van der Waals surface area contributed by atoms with Crippen molar-refractivity contribution in [3.63, 3.8) is 0 Å². The summed E-state index contributed by atoms with van der Waals surface area (Å²) < 4.78 is 19.6. The highest BCUT2D eigenvalue weighted by Crippen LogP contribution is 2.45. The lowest BCUT2D eigenvalue weighted by molar-refractivity contribution is -0.134. The Kier molecular flexibility index (Phi) is 7.27. The first-order valence-electron chi connectivity index (χ1n) is 9.06. The molecule has 3 rings (SSSR count). The van der Waals surface area contributed by atoms with Gasteiger partial charge in [0.15, 0.2) is 0 Å². The van der Waals surface area contributed by atoms with E-state index in [-0.39, 0.29) is 5.82 Å². The van der Waals surface area contributed by atoms with E-state index in [1.165, 1.54) is 12.1 Å². The maximum atomic E-state index is 13.4. The first kappa shape index (κ1) is 21.5. The molecular formula is C22H25FN2O3. The number of carbonyl (C=O) groups is 1. The third-order valence-corrected chi connectivity index (χ3v) is 4.59. The fraction of sp³-hybridized carbons (Fsp3) is 0.364. The maximum absolute atomic E-state index is 13.4. The molecule has 0 radical (unpaired) electrons. The molecule has 1 N–H and O–H groups in total. The lowest BCUT2D eigenvalue weighted by Gasteiger charge is -2.31. The molecule has 1 aliphatic heterocycles. The van der Waals surface area contributed by atoms with Crippen molar-refractivity contribution in [1.29, 1.82) is 5.26 Å². The zero-order valence-corrected chi connectivity index (χ0v) is 16.4. The van der Waals surface area contributed by atoms with Crippen molar-refractivity contribution in [2.24, 2.45) is 0 Å². The van der Waals surface area contributed by atoms with Crippen LogP contribution in [0.1, 0.15) is 42.0 Å². The first-order chi connectivity index (χ1) is 13.3. The highest BCUT2D eigenvalue weighted by atomic mass is 19.1. The number of rotatable bonds is 5. The molecule has 1 aliphatic rings. The minimum Gasteiger partial charge on any atom is -0.481 e. The predicted molar refractivity (Wildman–Crippen MR) is 104 cm³/mol. The molecule has 0 aliphatic carbocycles. The molecule has 1 heterocycles. The van der Waals surface area contributed by atoms with Gasteiger partial charge in [0.05, 0.1) is 18.2 Å². The van der Waals surface area contributed by atoms with Gasteiger partial charge >= 0.3 is 0 Å². The van der Waals surface area contributed by atoms with Crippen LogP contribution in [0.25, 0.3) is 0 Å². The fourth-order valence-electron chi connectivity index (χ4n) is 3.41. The number of carboxylic acids is 1. The molecule has 0 aromatic heterocycles. The van der Waals surface area contributed by atoms with Crippen LogP contribution in [0, 0.1) is 17.1 Å². The first-order valence-corrected chi connectivity index (χ1v) is 9.06. The number of aliphatic carboxylic acids is 1. The van der Waals surface area contributed by atoms with E-state index in [9.17, 15) is 4.39 Å². The summed E-state index contributed by atoms with van der Waals surface area (Å²) in [4.78, 5) is 11.1. The van der Waals surface area contributed by atoms with Gasteiger partial charge in [-0.05, 0) is 74.4 Å². The Morgan fingerprint density at radius 1 is 1.29 bits per heavy atom. The van der Waals surface area contributed by atoms with Crippen molar-refractivity contribution >= 4 is 5.97 Å². The van der Waals surface area contributed by atoms with Crippen LogP contribution in [0.2, 0.25) is 0 Å². The molecule has 6 heteroatoms. The number of carboxylic acid groups (broad SMARTS) is 1. The van der Waals surface area contributed by atoms with Crippen molar-refractivity contribution in [2.75, 3.05) is 20.6 Å². The van der Waals surface area contributed by atoms with Crippen LogP contribution in [-0.4, -0.2) is 36.6 Å². The van der Waals surface area contributed by atoms with E-state index in [4.69, 9.17) is 19.9 Å². The summed E-state index contributed by atoms with van der Waals surface area (Å²) in [6.45, 7) is 2.52. The van der Waals surface area contributed by atoms with Crippen molar-refractivity contribution in [3.05, 3.63) is 70.5 Å². The Morgan fingerprint density at radius 3 is 2.50 bits per heavy atom. The number of halogens is 1. The lowest BCUT2D eigenvalue weighted by Crippen LogP contribution is -2.28. The standard InChI is InChI=1S/C20H21FN2O.C2H4O2/c1-23(2)11-3-10-20(17-5-7-18(21)8-6-17)19-9-4-15(13-22)12-16(19)14-24-20;1-2(3)4/h4-9,12H,3,10-11,14H2,1-2H3;1H3,(H,3,4). The largest absolute Gasteiger partial charge is 0.481 e. The van der Waals surface area contributed by atoms with Crippen LogP contribution in [0.15, 0.2) is 42.5 Å². The summed E-state index contributed by atoms with van der Waals surface area (Å²) >= 11 is 0. The number of benzene rings is 2. The molecule has 5 nitrogen and oxygen atoms in total. The molecule has 2 aromatic carbocycles. The molecule has 1 unspecified atom stereocenters. The van der Waals surface area contributed by atoms with Gasteiger partial charge in [0.2, 0.25) is 0 Å². The molecule has 0 spiro atoms. The third-order valence-electron chi connectivity index (χ3n) is 4.59. The Hall–Kier alpha value is -2.75. The summed E-state index contributed by atoms with van der Waals surface area (Å²) in [5.41, 5.74) is 3.18. The van der Waals surface area contributed by atoms with Gasteiger partial charge in [0, 0.05) is 6.92 Å². The molecule has 0 fully saturated rings. The second-order valence-electron chi connectivity index (χ2n) is 7.03. The van der Waals surface area contributed by atoms with E-state index in [0.717, 1.165) is 43.0 Å². The number of ether oxygens (including phenoxy) is 1. The van der Waals surface area contributed by atoms with E-state index >= 15 is 0 Å². The van der Waals surface area contributed by atoms with Gasteiger partial charge in [-0.15, -0.1) is 0 Å². The van der Waals surface area contributed by atoms with Crippen molar-refractivity contribution < 1.29 is 19.0 Å². The van der Waals surface area contributed by atoms with Crippen LogP contribution in [-0.2, 0) is 21.7 Å². The number of nitriles is 1. The van der Waals surface area contributed by atoms with Gasteiger partial charge in [0.1, 0.15) is 11.4 Å². The quantitative estimate of drug-likeness (QED) is 0.846. The van der Waals surface area contributed by atoms with Crippen LogP contribution in [0.4, 0.5) is 4.39 Å². The number of hydrogen-bond acceptors (Lipinski definition) is 4. The second-order valence-corrected chi connectivity index (χ2v) is 7.03. The molecule has 148 valence electrons. The Bertz CT molecular complexity index is 855. The Labute approximate surface area is 165 Å². The normalized spacial score (nSPS) is 17.4. The van der Waals surface area contributed by atoms with E-state index in [1.807, 2.05) is 32.3 Å². The maximum Gasteiger partial charge on any atom is 0.300 e. The summed E-state index contributed by atoms with van der Waals surface area (Å²) in [5.74, 6) is -1.08. The van der Waals surface area contributed by atoms with Gasteiger partial charge in [-0.2, -0.15) is 5.26 Å². The van der Waals surface area contributed by atoms with Gasteiger partial charge < -0.3 is 14.7 Å². The predicted octanol–water partition coefficient (Wildman–Crippen LogP) is 3.90. The third kappa shape index (κ3) is 5.16. The minimum absolute atomic E-state index is 0.250. The average molecular weight is 384 g/mol. The zero-order chi connectivity index (χ0) is 20.7. The van der Waals surface area contributed by atoms with Gasteiger partial charge in [0.25, 0.3) is 5.97 Å². The highest BCUT2D eigenvalue weighted by Gasteiger charge is 2.41. The molecule has 28 heavy (non-hydrogen) atoms. The van der Waals surface area contributed by atoms with Gasteiger partial charge in [-0.25, -0.2) is 4.39 Å². The van der Waals surface area contributed by atoms with Crippen molar-refractivity contribution in [3.8, 4) is 6.07 Å². The monoisotopic (exact) mass is 384 g/mol. The number of hydrogen-bond donors (Lipinski definition) is 1. The minimum atomic E-state index is -0.833. The van der Waals surface area contributed by atoms with E-state index in [1.54, 1.807) is 12.1 Å². The summed E-state index contributed by atoms with van der Waals surface area (Å²) in [6.07, 6.45) is 1.78. The van der Waals surface area contributed by atoms with Crippen LogP contribution >= 0.6 is 0 Å². The van der Waals surface area contributed by atoms with E-state index < -0.39 is 11.6 Å². The van der Waals surface area contributed by atoms with E-state index in [0.29, 0.717) is 12.2 Å². The summed E-state index contributed by atoms with van der Waals surface area (Å²) in [7, 11) is 4.10. The molecular weight excluding hydrogens is 359 g/mol. The highest BCUT2D eigenvalue weighted by molar-refractivity contribution is 5.63. The molecule has 0 saturated carbocycles. The number of nitrogens with zero attached hydrogens (tertiary/aromatic N) is 2. The molecule has 1 atom stereocenters. The molecule has 0 amide bonds. The van der Waals surface area contributed by atoms with Crippen molar-refractivity contribution in [2.45, 2.75) is 32.0 Å². The lowest BCUT2D eigenvalue weighted by atomic mass is 9.81. The van der Waals surface area contributed by atoms with Gasteiger partial charge in [-0.3, -0.25) is 4.79 Å². The van der Waals surface area contributed by atoms with Crippen LogP contribution in [0.5, 0.6) is 0 Å².